The van der Waals surface area contributed by atoms with Gasteiger partial charge in [0.15, 0.2) is 0 Å². The van der Waals surface area contributed by atoms with Gasteiger partial charge in [-0.3, -0.25) is 0 Å². The Morgan fingerprint density at radius 3 is 1.27 bits per heavy atom. The van der Waals surface area contributed by atoms with E-state index >= 15 is 0 Å². The van der Waals surface area contributed by atoms with Crippen molar-refractivity contribution in [2.24, 2.45) is 0 Å². The fraction of sp³-hybridized carbons (Fsp3) is 0.182. The van der Waals surface area contributed by atoms with Crippen LogP contribution >= 0.6 is 0 Å². The molecule has 0 unspecified atom stereocenters. The Hall–Kier alpha value is -3.14. The number of hydrogen-bond donors (Lipinski definition) is 0. The van der Waals surface area contributed by atoms with Crippen molar-refractivity contribution in [3.05, 3.63) is 96.1 Å². The number of benzene rings is 2. The minimum Gasteiger partial charge on any atom is -0.466 e. The number of esters is 2. The van der Waals surface area contributed by atoms with Gasteiger partial charge in [-0.2, -0.15) is 0 Å². The molecule has 4 nitrogen and oxygen atoms in total. The maximum absolute atomic E-state index is 11.0. The molecule has 0 aliphatic heterocycles. The SMILES string of the molecule is C=C(Cc1ccccc1)C(=O)OC.C=C(Cc1ccccc1)C(=O)OC. The molecule has 0 aromatic heterocycles. The van der Waals surface area contributed by atoms with Crippen LogP contribution in [0.25, 0.3) is 0 Å². The zero-order valence-corrected chi connectivity index (χ0v) is 15.2. The minimum atomic E-state index is -0.344. The Bertz CT molecular complexity index is 668. The summed E-state index contributed by atoms with van der Waals surface area (Å²) in [5, 5.41) is 0. The van der Waals surface area contributed by atoms with Crippen molar-refractivity contribution < 1.29 is 19.1 Å². The Labute approximate surface area is 154 Å². The van der Waals surface area contributed by atoms with Crippen LogP contribution in [0.4, 0.5) is 0 Å². The van der Waals surface area contributed by atoms with Crippen molar-refractivity contribution in [2.75, 3.05) is 14.2 Å². The van der Waals surface area contributed by atoms with E-state index in [2.05, 4.69) is 22.6 Å². The smallest absolute Gasteiger partial charge is 0.333 e. The molecule has 0 fully saturated rings. The van der Waals surface area contributed by atoms with E-state index in [1.165, 1.54) is 14.2 Å². The Morgan fingerprint density at radius 2 is 1.00 bits per heavy atom. The minimum absolute atomic E-state index is 0.344. The molecule has 0 saturated heterocycles. The highest BCUT2D eigenvalue weighted by molar-refractivity contribution is 5.88. The first-order chi connectivity index (χ1) is 12.5. The Kier molecular flexibility index (Phi) is 9.18. The van der Waals surface area contributed by atoms with Gasteiger partial charge in [0.1, 0.15) is 0 Å². The van der Waals surface area contributed by atoms with Gasteiger partial charge in [-0.15, -0.1) is 0 Å². The van der Waals surface area contributed by atoms with E-state index in [0.717, 1.165) is 11.1 Å². The number of methoxy groups -OCH3 is 2. The third-order valence-electron chi connectivity index (χ3n) is 3.47. The zero-order valence-electron chi connectivity index (χ0n) is 15.2. The second kappa shape index (κ2) is 11.4. The zero-order chi connectivity index (χ0) is 19.4. The molecule has 0 heterocycles. The van der Waals surface area contributed by atoms with Crippen LogP contribution in [0.3, 0.4) is 0 Å². The summed E-state index contributed by atoms with van der Waals surface area (Å²) in [6, 6.07) is 19.4. The van der Waals surface area contributed by atoms with Crippen molar-refractivity contribution in [2.45, 2.75) is 12.8 Å². The van der Waals surface area contributed by atoms with Crippen molar-refractivity contribution >= 4 is 11.9 Å². The van der Waals surface area contributed by atoms with Crippen LogP contribution in [0.2, 0.25) is 0 Å². The van der Waals surface area contributed by atoms with Gasteiger partial charge in [0.2, 0.25) is 0 Å². The van der Waals surface area contributed by atoms with Gasteiger partial charge >= 0.3 is 11.9 Å². The summed E-state index contributed by atoms with van der Waals surface area (Å²) in [7, 11) is 2.72. The first-order valence-corrected chi connectivity index (χ1v) is 8.08. The van der Waals surface area contributed by atoms with E-state index < -0.39 is 0 Å². The summed E-state index contributed by atoms with van der Waals surface area (Å²) < 4.78 is 9.09. The molecule has 0 N–H and O–H groups in total. The highest BCUT2D eigenvalue weighted by atomic mass is 16.5. The van der Waals surface area contributed by atoms with Crippen molar-refractivity contribution in [3.8, 4) is 0 Å². The first-order valence-electron chi connectivity index (χ1n) is 8.08. The number of hydrogen-bond acceptors (Lipinski definition) is 4. The van der Waals surface area contributed by atoms with Crippen LogP contribution in [0, 0.1) is 0 Å². The van der Waals surface area contributed by atoms with Crippen LogP contribution in [0.15, 0.2) is 85.0 Å². The molecule has 0 atom stereocenters. The summed E-state index contributed by atoms with van der Waals surface area (Å²) in [6.45, 7) is 7.29. The topological polar surface area (TPSA) is 52.6 Å². The molecule has 26 heavy (non-hydrogen) atoms. The van der Waals surface area contributed by atoms with Gasteiger partial charge in [0.05, 0.1) is 14.2 Å². The third kappa shape index (κ3) is 7.62. The maximum atomic E-state index is 11.0. The van der Waals surface area contributed by atoms with E-state index in [4.69, 9.17) is 0 Å². The highest BCUT2D eigenvalue weighted by Gasteiger charge is 2.07. The molecular weight excluding hydrogens is 328 g/mol. The molecule has 0 spiro atoms. The lowest BCUT2D eigenvalue weighted by atomic mass is 10.1. The molecule has 2 aromatic rings. The molecule has 136 valence electrons. The van der Waals surface area contributed by atoms with E-state index in [-0.39, 0.29) is 11.9 Å². The van der Waals surface area contributed by atoms with Gasteiger partial charge in [-0.1, -0.05) is 73.8 Å². The quantitative estimate of drug-likeness (QED) is 0.584. The Balaban J connectivity index is 0.000000260. The molecule has 0 aliphatic rings. The van der Waals surface area contributed by atoms with Gasteiger partial charge in [-0.25, -0.2) is 9.59 Å². The normalized spacial score (nSPS) is 9.31. The average molecular weight is 352 g/mol. The van der Waals surface area contributed by atoms with Crippen LogP contribution < -0.4 is 0 Å². The standard InChI is InChI=1S/2C11H12O2/c2*1-9(11(12)13-2)8-10-6-4-3-5-7-10/h2*3-7H,1,8H2,2H3. The number of rotatable bonds is 6. The lowest BCUT2D eigenvalue weighted by molar-refractivity contribution is -0.137. The van der Waals surface area contributed by atoms with Crippen LogP contribution in [0.5, 0.6) is 0 Å². The molecular formula is C22H24O4. The van der Waals surface area contributed by atoms with E-state index in [9.17, 15) is 9.59 Å². The van der Waals surface area contributed by atoms with Crippen molar-refractivity contribution in [1.82, 2.24) is 0 Å². The second-order valence-corrected chi connectivity index (χ2v) is 5.52. The number of ether oxygens (including phenoxy) is 2. The molecule has 0 amide bonds. The molecule has 2 rings (SSSR count). The molecule has 0 bridgehead atoms. The first kappa shape index (κ1) is 20.9. The largest absolute Gasteiger partial charge is 0.466 e. The van der Waals surface area contributed by atoms with Crippen LogP contribution in [0.1, 0.15) is 11.1 Å². The van der Waals surface area contributed by atoms with Crippen LogP contribution in [-0.2, 0) is 31.9 Å². The van der Waals surface area contributed by atoms with Crippen molar-refractivity contribution in [3.63, 3.8) is 0 Å². The van der Waals surface area contributed by atoms with E-state index in [1.54, 1.807) is 0 Å². The summed E-state index contributed by atoms with van der Waals surface area (Å²) in [4.78, 5) is 22.0. The van der Waals surface area contributed by atoms with Gasteiger partial charge in [0.25, 0.3) is 0 Å². The second-order valence-electron chi connectivity index (χ2n) is 5.52. The van der Waals surface area contributed by atoms with Gasteiger partial charge in [0, 0.05) is 24.0 Å². The molecule has 2 aromatic carbocycles. The summed E-state index contributed by atoms with van der Waals surface area (Å²) in [5.74, 6) is -0.687. The monoisotopic (exact) mass is 352 g/mol. The summed E-state index contributed by atoms with van der Waals surface area (Å²) >= 11 is 0. The lowest BCUT2D eigenvalue weighted by Crippen LogP contribution is -2.05. The average Bonchev–Trinajstić information content (AvgIpc) is 2.68. The fourth-order valence-corrected chi connectivity index (χ4v) is 2.12. The molecule has 0 aliphatic carbocycles. The van der Waals surface area contributed by atoms with Gasteiger partial charge in [-0.05, 0) is 11.1 Å². The number of carbonyl (C=O) groups is 2. The van der Waals surface area contributed by atoms with E-state index in [0.29, 0.717) is 24.0 Å². The predicted octanol–water partition coefficient (Wildman–Crippen LogP) is 3.92. The maximum Gasteiger partial charge on any atom is 0.333 e. The predicted molar refractivity (Wildman–Crippen MR) is 103 cm³/mol. The van der Waals surface area contributed by atoms with Crippen LogP contribution in [-0.4, -0.2) is 26.2 Å². The van der Waals surface area contributed by atoms with Gasteiger partial charge < -0.3 is 9.47 Å². The third-order valence-corrected chi connectivity index (χ3v) is 3.47. The molecule has 0 saturated carbocycles. The Morgan fingerprint density at radius 1 is 0.692 bits per heavy atom. The highest BCUT2D eigenvalue weighted by Crippen LogP contribution is 2.07. The summed E-state index contributed by atoms with van der Waals surface area (Å²) in [5.41, 5.74) is 3.10. The fourth-order valence-electron chi connectivity index (χ4n) is 2.12. The molecule has 0 radical (unpaired) electrons. The van der Waals surface area contributed by atoms with E-state index in [1.807, 2.05) is 60.7 Å². The molecule has 4 heteroatoms. The summed E-state index contributed by atoms with van der Waals surface area (Å²) in [6.07, 6.45) is 1.10. The number of carbonyl (C=O) groups excluding carboxylic acids is 2. The lowest BCUT2D eigenvalue weighted by Gasteiger charge is -2.02. The van der Waals surface area contributed by atoms with Crippen molar-refractivity contribution in [1.29, 1.82) is 0 Å².